The Kier molecular flexibility index (Phi) is 3.88. The van der Waals surface area contributed by atoms with Crippen molar-refractivity contribution in [2.75, 3.05) is 33.2 Å². The molecule has 0 unspecified atom stereocenters. The van der Waals surface area contributed by atoms with E-state index >= 15 is 0 Å². The predicted molar refractivity (Wildman–Crippen MR) is 65.8 cm³/mol. The molecule has 0 radical (unpaired) electrons. The monoisotopic (exact) mass is 253 g/mol. The van der Waals surface area contributed by atoms with Gasteiger partial charge in [-0.25, -0.2) is 4.39 Å². The molecule has 0 atom stereocenters. The maximum atomic E-state index is 13.7. The highest BCUT2D eigenvalue weighted by molar-refractivity contribution is 5.34. The highest BCUT2D eigenvalue weighted by Crippen LogP contribution is 2.18. The summed E-state index contributed by atoms with van der Waals surface area (Å²) in [5.41, 5.74) is 0.319. The number of nitrogens with zero attached hydrogens (tertiary/aromatic N) is 3. The summed E-state index contributed by atoms with van der Waals surface area (Å²) in [5.74, 6) is -0.497. The minimum absolute atomic E-state index is 0.199. The lowest BCUT2D eigenvalue weighted by atomic mass is 10.1. The van der Waals surface area contributed by atoms with Crippen molar-refractivity contribution in [3.8, 4) is 0 Å². The van der Waals surface area contributed by atoms with E-state index in [9.17, 15) is 14.5 Å². The number of likely N-dealkylation sites (N-methyl/N-ethyl adjacent to an activating group) is 1. The van der Waals surface area contributed by atoms with E-state index in [1.54, 1.807) is 0 Å². The van der Waals surface area contributed by atoms with Crippen molar-refractivity contribution in [2.45, 2.75) is 6.54 Å². The Hall–Kier alpha value is -1.53. The highest BCUT2D eigenvalue weighted by Gasteiger charge is 2.17. The average Bonchev–Trinajstić information content (AvgIpc) is 2.34. The van der Waals surface area contributed by atoms with Crippen LogP contribution in [-0.2, 0) is 6.54 Å². The van der Waals surface area contributed by atoms with E-state index < -0.39 is 10.7 Å². The fourth-order valence-corrected chi connectivity index (χ4v) is 2.02. The zero-order valence-electron chi connectivity index (χ0n) is 10.3. The molecule has 0 aromatic heterocycles. The molecule has 6 heteroatoms. The van der Waals surface area contributed by atoms with Gasteiger partial charge in [0.25, 0.3) is 5.69 Å². The molecule has 98 valence electrons. The molecule has 0 saturated carbocycles. The Morgan fingerprint density at radius 3 is 2.56 bits per heavy atom. The van der Waals surface area contributed by atoms with Gasteiger partial charge >= 0.3 is 0 Å². The van der Waals surface area contributed by atoms with Crippen LogP contribution in [0.5, 0.6) is 0 Å². The number of rotatable bonds is 3. The smallest absolute Gasteiger partial charge is 0.272 e. The van der Waals surface area contributed by atoms with Crippen molar-refractivity contribution in [2.24, 2.45) is 0 Å². The average molecular weight is 253 g/mol. The molecular weight excluding hydrogens is 237 g/mol. The summed E-state index contributed by atoms with van der Waals surface area (Å²) in [5, 5.41) is 10.5. The lowest BCUT2D eigenvalue weighted by Crippen LogP contribution is -2.44. The van der Waals surface area contributed by atoms with Gasteiger partial charge in [-0.15, -0.1) is 0 Å². The lowest BCUT2D eigenvalue weighted by Gasteiger charge is -2.32. The molecule has 5 nitrogen and oxygen atoms in total. The fourth-order valence-electron chi connectivity index (χ4n) is 2.02. The number of piperazine rings is 1. The van der Waals surface area contributed by atoms with Crippen LogP contribution >= 0.6 is 0 Å². The molecule has 1 aliphatic heterocycles. The van der Waals surface area contributed by atoms with Gasteiger partial charge < -0.3 is 4.90 Å². The summed E-state index contributed by atoms with van der Waals surface area (Å²) in [7, 11) is 2.06. The van der Waals surface area contributed by atoms with Crippen molar-refractivity contribution < 1.29 is 9.31 Å². The molecule has 2 rings (SSSR count). The maximum Gasteiger partial charge on any atom is 0.272 e. The van der Waals surface area contributed by atoms with Gasteiger partial charge in [-0.2, -0.15) is 0 Å². The number of hydrogen-bond donors (Lipinski definition) is 0. The van der Waals surface area contributed by atoms with Gasteiger partial charge in [-0.05, 0) is 13.1 Å². The molecule has 18 heavy (non-hydrogen) atoms. The topological polar surface area (TPSA) is 49.6 Å². The Morgan fingerprint density at radius 2 is 2.00 bits per heavy atom. The molecule has 1 aromatic carbocycles. The largest absolute Gasteiger partial charge is 0.304 e. The first-order valence-electron chi connectivity index (χ1n) is 5.90. The van der Waals surface area contributed by atoms with E-state index in [-0.39, 0.29) is 5.69 Å². The van der Waals surface area contributed by atoms with Crippen LogP contribution in [0.2, 0.25) is 0 Å². The second kappa shape index (κ2) is 5.41. The second-order valence-electron chi connectivity index (χ2n) is 4.61. The van der Waals surface area contributed by atoms with Crippen LogP contribution < -0.4 is 0 Å². The molecule has 1 fully saturated rings. The fraction of sp³-hybridized carbons (Fsp3) is 0.500. The molecule has 0 aliphatic carbocycles. The molecule has 1 aliphatic rings. The van der Waals surface area contributed by atoms with E-state index in [4.69, 9.17) is 0 Å². The third kappa shape index (κ3) is 3.02. The number of halogens is 1. The normalized spacial score (nSPS) is 17.9. The van der Waals surface area contributed by atoms with Gasteiger partial charge in [0.2, 0.25) is 0 Å². The first-order chi connectivity index (χ1) is 8.56. The van der Waals surface area contributed by atoms with E-state index in [1.807, 2.05) is 0 Å². The SMILES string of the molecule is CN1CCN(Cc2ccc([N+](=O)[O-])cc2F)CC1. The second-order valence-corrected chi connectivity index (χ2v) is 4.61. The predicted octanol–water partition coefficient (Wildman–Crippen LogP) is 1.48. The molecule has 0 N–H and O–H groups in total. The Bertz CT molecular complexity index is 445. The van der Waals surface area contributed by atoms with Crippen molar-refractivity contribution in [1.29, 1.82) is 0 Å². The maximum absolute atomic E-state index is 13.7. The number of nitro groups is 1. The summed E-state index contributed by atoms with van der Waals surface area (Å²) >= 11 is 0. The standard InChI is InChI=1S/C12H16FN3O2/c1-14-4-6-15(7-5-14)9-10-2-3-11(16(17)18)8-12(10)13/h2-3,8H,4-7,9H2,1H3. The van der Waals surface area contributed by atoms with Crippen molar-refractivity contribution in [1.82, 2.24) is 9.80 Å². The summed E-state index contributed by atoms with van der Waals surface area (Å²) in [6, 6.07) is 3.85. The van der Waals surface area contributed by atoms with E-state index in [0.29, 0.717) is 12.1 Å². The quantitative estimate of drug-likeness (QED) is 0.605. The minimum atomic E-state index is -0.581. The highest BCUT2D eigenvalue weighted by atomic mass is 19.1. The van der Waals surface area contributed by atoms with Crippen LogP contribution in [0.3, 0.4) is 0 Å². The molecule has 0 bridgehead atoms. The number of nitro benzene ring substituents is 1. The number of non-ortho nitro benzene ring substituents is 1. The van der Waals surface area contributed by atoms with E-state index in [0.717, 1.165) is 32.2 Å². The Morgan fingerprint density at radius 1 is 1.33 bits per heavy atom. The first kappa shape index (κ1) is 12.9. The third-order valence-corrected chi connectivity index (χ3v) is 3.24. The van der Waals surface area contributed by atoms with E-state index in [2.05, 4.69) is 16.8 Å². The zero-order chi connectivity index (χ0) is 13.1. The third-order valence-electron chi connectivity index (χ3n) is 3.24. The van der Waals surface area contributed by atoms with Gasteiger partial charge in [-0.1, -0.05) is 0 Å². The minimum Gasteiger partial charge on any atom is -0.304 e. The van der Waals surface area contributed by atoms with Gasteiger partial charge in [0, 0.05) is 44.4 Å². The van der Waals surface area contributed by atoms with Gasteiger partial charge in [-0.3, -0.25) is 15.0 Å². The van der Waals surface area contributed by atoms with Gasteiger partial charge in [0.1, 0.15) is 5.82 Å². The number of hydrogen-bond acceptors (Lipinski definition) is 4. The van der Waals surface area contributed by atoms with Crippen molar-refractivity contribution in [3.63, 3.8) is 0 Å². The molecule has 1 saturated heterocycles. The molecule has 0 amide bonds. The van der Waals surface area contributed by atoms with Crippen LogP contribution in [0.4, 0.5) is 10.1 Å². The summed E-state index contributed by atoms with van der Waals surface area (Å²) in [6.45, 7) is 4.24. The zero-order valence-corrected chi connectivity index (χ0v) is 10.3. The Balaban J connectivity index is 2.03. The van der Waals surface area contributed by atoms with Crippen LogP contribution in [0.1, 0.15) is 5.56 Å². The van der Waals surface area contributed by atoms with Crippen LogP contribution in [0, 0.1) is 15.9 Å². The summed E-state index contributed by atoms with van der Waals surface area (Å²) in [4.78, 5) is 14.3. The van der Waals surface area contributed by atoms with Crippen LogP contribution in [-0.4, -0.2) is 47.9 Å². The van der Waals surface area contributed by atoms with Crippen molar-refractivity contribution >= 4 is 5.69 Å². The van der Waals surface area contributed by atoms with Crippen molar-refractivity contribution in [3.05, 3.63) is 39.7 Å². The molecule has 0 spiro atoms. The molecular formula is C12H16FN3O2. The molecule has 1 heterocycles. The van der Waals surface area contributed by atoms with E-state index in [1.165, 1.54) is 12.1 Å². The Labute approximate surface area is 105 Å². The van der Waals surface area contributed by atoms with Gasteiger partial charge in [0.15, 0.2) is 0 Å². The lowest BCUT2D eigenvalue weighted by molar-refractivity contribution is -0.385. The summed E-state index contributed by atoms with van der Waals surface area (Å²) in [6.07, 6.45) is 0. The van der Waals surface area contributed by atoms with Crippen LogP contribution in [0.25, 0.3) is 0 Å². The first-order valence-corrected chi connectivity index (χ1v) is 5.90. The number of benzene rings is 1. The van der Waals surface area contributed by atoms with Gasteiger partial charge in [0.05, 0.1) is 11.0 Å². The van der Waals surface area contributed by atoms with Crippen LogP contribution in [0.15, 0.2) is 18.2 Å². The summed E-state index contributed by atoms with van der Waals surface area (Å²) < 4.78 is 13.7. The molecule has 1 aromatic rings.